The van der Waals surface area contributed by atoms with Gasteiger partial charge in [0, 0.05) is 6.20 Å². The van der Waals surface area contributed by atoms with E-state index in [0.717, 1.165) is 10.0 Å². The van der Waals surface area contributed by atoms with Crippen LogP contribution in [0, 0.1) is 6.92 Å². The van der Waals surface area contributed by atoms with Gasteiger partial charge >= 0.3 is 0 Å². The molecular weight excluding hydrogens is 298 g/mol. The summed E-state index contributed by atoms with van der Waals surface area (Å²) < 4.78 is 6.24. The average Bonchev–Trinajstić information content (AvgIpc) is 2.80. The van der Waals surface area contributed by atoms with Crippen LogP contribution in [0.2, 0.25) is 0 Å². The molecule has 6 heteroatoms. The number of nitrogens with zero attached hydrogens (tertiary/aromatic N) is 1. The van der Waals surface area contributed by atoms with Crippen molar-refractivity contribution in [2.45, 2.75) is 6.92 Å². The van der Waals surface area contributed by atoms with Crippen LogP contribution in [0.15, 0.2) is 35.1 Å². The van der Waals surface area contributed by atoms with E-state index in [1.165, 1.54) is 6.20 Å². The molecule has 0 saturated carbocycles. The van der Waals surface area contributed by atoms with Gasteiger partial charge in [-0.1, -0.05) is 6.07 Å². The molecule has 18 heavy (non-hydrogen) atoms. The van der Waals surface area contributed by atoms with E-state index in [0.29, 0.717) is 11.4 Å². The van der Waals surface area contributed by atoms with E-state index in [1.807, 2.05) is 25.1 Å². The van der Waals surface area contributed by atoms with Gasteiger partial charge < -0.3 is 10.1 Å². The lowest BCUT2D eigenvalue weighted by Crippen LogP contribution is -2.19. The van der Waals surface area contributed by atoms with Gasteiger partial charge in [-0.15, -0.1) is 0 Å². The smallest absolute Gasteiger partial charge is 0.262 e. The highest BCUT2D eigenvalue weighted by atomic mass is 79.9. The van der Waals surface area contributed by atoms with Gasteiger partial charge in [0.1, 0.15) is 5.75 Å². The first kappa shape index (κ1) is 12.6. The van der Waals surface area contributed by atoms with Gasteiger partial charge in [0.2, 0.25) is 0 Å². The summed E-state index contributed by atoms with van der Waals surface area (Å²) in [6, 6.07) is 5.68. The Morgan fingerprint density at radius 3 is 3.06 bits per heavy atom. The van der Waals surface area contributed by atoms with E-state index in [-0.39, 0.29) is 12.5 Å². The van der Waals surface area contributed by atoms with E-state index in [4.69, 9.17) is 4.74 Å². The van der Waals surface area contributed by atoms with Crippen molar-refractivity contribution in [2.75, 3.05) is 11.9 Å². The number of aromatic amines is 1. The van der Waals surface area contributed by atoms with Crippen LogP contribution in [0.3, 0.4) is 0 Å². The van der Waals surface area contributed by atoms with Crippen LogP contribution in [-0.4, -0.2) is 22.7 Å². The molecule has 0 unspecified atom stereocenters. The number of carbonyl (C=O) groups is 1. The summed E-state index contributed by atoms with van der Waals surface area (Å²) in [5, 5.41) is 8.99. The fraction of sp³-hybridized carbons (Fsp3) is 0.167. The second-order valence-corrected chi connectivity index (χ2v) is 4.61. The van der Waals surface area contributed by atoms with E-state index in [2.05, 4.69) is 31.4 Å². The van der Waals surface area contributed by atoms with E-state index in [9.17, 15) is 4.79 Å². The quantitative estimate of drug-likeness (QED) is 0.912. The number of benzene rings is 1. The summed E-state index contributed by atoms with van der Waals surface area (Å²) in [4.78, 5) is 11.6. The molecule has 2 aromatic rings. The normalized spacial score (nSPS) is 10.1. The number of aryl methyl sites for hydroxylation is 1. The number of halogens is 1. The lowest BCUT2D eigenvalue weighted by molar-refractivity contribution is -0.118. The van der Waals surface area contributed by atoms with Crippen LogP contribution >= 0.6 is 15.9 Å². The molecular formula is C12H12BrN3O2. The summed E-state index contributed by atoms with van der Waals surface area (Å²) in [5.74, 6) is 0.409. The largest absolute Gasteiger partial charge is 0.483 e. The minimum Gasteiger partial charge on any atom is -0.483 e. The molecule has 0 aliphatic heterocycles. The Morgan fingerprint density at radius 2 is 2.39 bits per heavy atom. The molecule has 0 bridgehead atoms. The highest BCUT2D eigenvalue weighted by Crippen LogP contribution is 2.25. The van der Waals surface area contributed by atoms with Crippen molar-refractivity contribution in [3.63, 3.8) is 0 Å². The number of hydrogen-bond acceptors (Lipinski definition) is 3. The fourth-order valence-corrected chi connectivity index (χ4v) is 1.99. The Bertz CT molecular complexity index is 540. The second kappa shape index (κ2) is 5.68. The molecule has 5 nitrogen and oxygen atoms in total. The minimum atomic E-state index is -0.233. The number of hydrogen-bond donors (Lipinski definition) is 2. The summed E-state index contributed by atoms with van der Waals surface area (Å²) in [7, 11) is 0. The van der Waals surface area contributed by atoms with Gasteiger partial charge in [-0.05, 0) is 40.5 Å². The SMILES string of the molecule is Cc1ccc(OCC(=O)Nc2cn[nH]c2)c(Br)c1. The number of rotatable bonds is 4. The standard InChI is InChI=1S/C12H12BrN3O2/c1-8-2-3-11(10(13)4-8)18-7-12(17)16-9-5-14-15-6-9/h2-6H,7H2,1H3,(H,14,15)(H,16,17). The van der Waals surface area contributed by atoms with Gasteiger partial charge in [-0.3, -0.25) is 9.89 Å². The van der Waals surface area contributed by atoms with Crippen LogP contribution in [0.25, 0.3) is 0 Å². The summed E-state index contributed by atoms with van der Waals surface area (Å²) in [6.45, 7) is 1.94. The molecule has 0 fully saturated rings. The van der Waals surface area contributed by atoms with Crippen LogP contribution < -0.4 is 10.1 Å². The summed E-state index contributed by atoms with van der Waals surface area (Å²) >= 11 is 3.39. The Balaban J connectivity index is 1.89. The lowest BCUT2D eigenvalue weighted by atomic mass is 10.2. The predicted molar refractivity (Wildman–Crippen MR) is 71.6 cm³/mol. The predicted octanol–water partition coefficient (Wildman–Crippen LogP) is 2.50. The zero-order chi connectivity index (χ0) is 13.0. The highest BCUT2D eigenvalue weighted by Gasteiger charge is 2.06. The highest BCUT2D eigenvalue weighted by molar-refractivity contribution is 9.10. The van der Waals surface area contributed by atoms with Gasteiger partial charge in [-0.25, -0.2) is 0 Å². The average molecular weight is 310 g/mol. The van der Waals surface area contributed by atoms with Crippen molar-refractivity contribution in [3.8, 4) is 5.75 Å². The number of anilines is 1. The number of ether oxygens (including phenoxy) is 1. The zero-order valence-electron chi connectivity index (χ0n) is 9.74. The molecule has 0 spiro atoms. The molecule has 0 radical (unpaired) electrons. The fourth-order valence-electron chi connectivity index (χ4n) is 1.38. The monoisotopic (exact) mass is 309 g/mol. The number of H-pyrrole nitrogens is 1. The maximum absolute atomic E-state index is 11.6. The molecule has 0 saturated heterocycles. The maximum atomic E-state index is 11.6. The maximum Gasteiger partial charge on any atom is 0.262 e. The van der Waals surface area contributed by atoms with Gasteiger partial charge in [0.15, 0.2) is 6.61 Å². The first-order valence-electron chi connectivity index (χ1n) is 5.33. The van der Waals surface area contributed by atoms with Crippen LogP contribution in [0.4, 0.5) is 5.69 Å². The van der Waals surface area contributed by atoms with Crippen molar-refractivity contribution in [2.24, 2.45) is 0 Å². The number of carbonyl (C=O) groups excluding carboxylic acids is 1. The van der Waals surface area contributed by atoms with Gasteiger partial charge in [-0.2, -0.15) is 5.10 Å². The van der Waals surface area contributed by atoms with Crippen LogP contribution in [0.5, 0.6) is 5.75 Å². The molecule has 2 N–H and O–H groups in total. The van der Waals surface area contributed by atoms with Crippen molar-refractivity contribution in [3.05, 3.63) is 40.6 Å². The molecule has 2 rings (SSSR count). The van der Waals surface area contributed by atoms with Gasteiger partial charge in [0.25, 0.3) is 5.91 Å². The first-order chi connectivity index (χ1) is 8.65. The van der Waals surface area contributed by atoms with E-state index in [1.54, 1.807) is 6.20 Å². The zero-order valence-corrected chi connectivity index (χ0v) is 11.3. The third kappa shape index (κ3) is 3.33. The van der Waals surface area contributed by atoms with E-state index < -0.39 is 0 Å². The van der Waals surface area contributed by atoms with Crippen LogP contribution in [-0.2, 0) is 4.79 Å². The lowest BCUT2D eigenvalue weighted by Gasteiger charge is -2.08. The molecule has 94 valence electrons. The van der Waals surface area contributed by atoms with Crippen LogP contribution in [0.1, 0.15) is 5.56 Å². The van der Waals surface area contributed by atoms with Crippen molar-refractivity contribution in [1.29, 1.82) is 0 Å². The third-order valence-electron chi connectivity index (χ3n) is 2.23. The van der Waals surface area contributed by atoms with Crippen molar-refractivity contribution in [1.82, 2.24) is 10.2 Å². The molecule has 1 heterocycles. The third-order valence-corrected chi connectivity index (χ3v) is 2.85. The minimum absolute atomic E-state index is 0.0488. The van der Waals surface area contributed by atoms with E-state index >= 15 is 0 Å². The molecule has 1 amide bonds. The number of nitrogens with one attached hydrogen (secondary N) is 2. The summed E-state index contributed by atoms with van der Waals surface area (Å²) in [6.07, 6.45) is 3.12. The molecule has 0 aliphatic rings. The summed E-state index contributed by atoms with van der Waals surface area (Å²) in [5.41, 5.74) is 1.74. The van der Waals surface area contributed by atoms with Gasteiger partial charge in [0.05, 0.1) is 16.4 Å². The first-order valence-corrected chi connectivity index (χ1v) is 6.12. The second-order valence-electron chi connectivity index (χ2n) is 3.76. The Morgan fingerprint density at radius 1 is 1.56 bits per heavy atom. The molecule has 0 aliphatic carbocycles. The number of aromatic nitrogens is 2. The van der Waals surface area contributed by atoms with Crippen molar-refractivity contribution >= 4 is 27.5 Å². The Hall–Kier alpha value is -1.82. The molecule has 1 aromatic heterocycles. The molecule has 1 aromatic carbocycles. The Labute approximate surface area is 113 Å². The Kier molecular flexibility index (Phi) is 3.99. The van der Waals surface area contributed by atoms with Crippen molar-refractivity contribution < 1.29 is 9.53 Å². The molecule has 0 atom stereocenters. The topological polar surface area (TPSA) is 67.0 Å². The number of amides is 1.